The Morgan fingerprint density at radius 1 is 0.938 bits per heavy atom. The van der Waals surface area contributed by atoms with Crippen LogP contribution in [0.2, 0.25) is 5.02 Å². The van der Waals surface area contributed by atoms with E-state index in [-0.39, 0.29) is 17.5 Å². The van der Waals surface area contributed by atoms with Crippen LogP contribution in [0.5, 0.6) is 0 Å². The molecular weight excluding hydrogens is 422 g/mol. The van der Waals surface area contributed by atoms with Gasteiger partial charge in [-0.2, -0.15) is 0 Å². The molecule has 5 nitrogen and oxygen atoms in total. The van der Waals surface area contributed by atoms with Crippen molar-refractivity contribution in [2.75, 3.05) is 4.90 Å². The summed E-state index contributed by atoms with van der Waals surface area (Å²) in [7, 11) is 0. The van der Waals surface area contributed by atoms with Gasteiger partial charge >= 0.3 is 0 Å². The summed E-state index contributed by atoms with van der Waals surface area (Å²) in [5.74, 6) is -0.321. The zero-order valence-electron chi connectivity index (χ0n) is 18.2. The number of carbonyl (C=O) groups is 2. The zero-order chi connectivity index (χ0) is 22.9. The lowest BCUT2D eigenvalue weighted by Crippen LogP contribution is -2.52. The second kappa shape index (κ2) is 8.60. The van der Waals surface area contributed by atoms with Crippen LogP contribution in [-0.4, -0.2) is 23.1 Å². The molecule has 0 saturated carbocycles. The number of hydrogen-bond donors (Lipinski definition) is 1. The molecule has 0 bridgehead atoms. The van der Waals surface area contributed by atoms with Gasteiger partial charge < -0.3 is 10.2 Å². The molecule has 1 aliphatic rings. The number of nitrogens with one attached hydrogen (secondary N) is 1. The SMILES string of the molecule is CC(C)(C)NC(=O)C1c2ccccc2N=C(C(=O)c2ccccc2)N1c1cccc(Cl)c1. The Kier molecular flexibility index (Phi) is 5.85. The minimum Gasteiger partial charge on any atom is -0.349 e. The van der Waals surface area contributed by atoms with Gasteiger partial charge in [-0.05, 0) is 45.0 Å². The minimum absolute atomic E-state index is 0.172. The number of aliphatic imine (C=N–C) groups is 1. The Morgan fingerprint density at radius 3 is 2.31 bits per heavy atom. The van der Waals surface area contributed by atoms with Gasteiger partial charge in [0, 0.05) is 27.4 Å². The topological polar surface area (TPSA) is 61.8 Å². The van der Waals surface area contributed by atoms with E-state index in [2.05, 4.69) is 5.32 Å². The fourth-order valence-corrected chi connectivity index (χ4v) is 3.91. The zero-order valence-corrected chi connectivity index (χ0v) is 18.9. The maximum atomic E-state index is 13.6. The summed E-state index contributed by atoms with van der Waals surface area (Å²) in [4.78, 5) is 33.6. The van der Waals surface area contributed by atoms with Crippen LogP contribution in [0.25, 0.3) is 0 Å². The number of carbonyl (C=O) groups excluding carboxylic acids is 2. The first kappa shape index (κ1) is 21.8. The largest absolute Gasteiger partial charge is 0.349 e. The lowest BCUT2D eigenvalue weighted by molar-refractivity contribution is -0.123. The quantitative estimate of drug-likeness (QED) is 0.522. The van der Waals surface area contributed by atoms with Crippen molar-refractivity contribution in [1.29, 1.82) is 0 Å². The smallest absolute Gasteiger partial charge is 0.248 e. The van der Waals surface area contributed by atoms with E-state index < -0.39 is 11.6 Å². The van der Waals surface area contributed by atoms with E-state index in [9.17, 15) is 9.59 Å². The van der Waals surface area contributed by atoms with E-state index in [1.165, 1.54) is 0 Å². The molecule has 1 atom stereocenters. The Balaban J connectivity index is 1.93. The summed E-state index contributed by atoms with van der Waals surface area (Å²) in [6.07, 6.45) is 0. The Labute approximate surface area is 192 Å². The number of fused-ring (bicyclic) bond motifs is 1. The Bertz CT molecular complexity index is 1200. The summed E-state index contributed by atoms with van der Waals surface area (Å²) in [6.45, 7) is 5.77. The second-order valence-corrected chi connectivity index (χ2v) is 9.12. The normalized spacial score (nSPS) is 15.6. The predicted molar refractivity (Wildman–Crippen MR) is 129 cm³/mol. The van der Waals surface area contributed by atoms with Crippen molar-refractivity contribution in [3.63, 3.8) is 0 Å². The third-order valence-corrected chi connectivity index (χ3v) is 5.25. The van der Waals surface area contributed by atoms with Crippen molar-refractivity contribution >= 4 is 40.5 Å². The number of hydrogen-bond acceptors (Lipinski definition) is 4. The Hall–Kier alpha value is -3.44. The number of benzene rings is 3. The monoisotopic (exact) mass is 445 g/mol. The minimum atomic E-state index is -0.788. The van der Waals surface area contributed by atoms with E-state index in [0.29, 0.717) is 22.0 Å². The molecule has 0 spiro atoms. The highest BCUT2D eigenvalue weighted by atomic mass is 35.5. The van der Waals surface area contributed by atoms with Gasteiger partial charge in [-0.1, -0.05) is 66.2 Å². The van der Waals surface area contributed by atoms with Gasteiger partial charge in [0.05, 0.1) is 5.69 Å². The lowest BCUT2D eigenvalue weighted by atomic mass is 9.96. The van der Waals surface area contributed by atoms with Crippen molar-refractivity contribution in [2.24, 2.45) is 4.99 Å². The molecule has 0 fully saturated rings. The molecule has 1 N–H and O–H groups in total. The number of amidine groups is 1. The molecule has 32 heavy (non-hydrogen) atoms. The van der Waals surface area contributed by atoms with E-state index >= 15 is 0 Å². The summed E-state index contributed by atoms with van der Waals surface area (Å²) in [5.41, 5.74) is 1.97. The maximum Gasteiger partial charge on any atom is 0.248 e. The fraction of sp³-hybridized carbons (Fsp3) is 0.192. The number of rotatable bonds is 4. The Morgan fingerprint density at radius 2 is 1.62 bits per heavy atom. The molecule has 1 heterocycles. The third-order valence-electron chi connectivity index (χ3n) is 5.02. The van der Waals surface area contributed by atoms with Crippen LogP contribution in [0.15, 0.2) is 83.9 Å². The van der Waals surface area contributed by atoms with Crippen molar-refractivity contribution in [3.05, 3.63) is 95.0 Å². The predicted octanol–water partition coefficient (Wildman–Crippen LogP) is 5.73. The first-order chi connectivity index (χ1) is 15.2. The number of anilines is 1. The molecule has 1 aliphatic heterocycles. The number of amides is 1. The first-order valence-electron chi connectivity index (χ1n) is 10.4. The van der Waals surface area contributed by atoms with Gasteiger partial charge in [0.2, 0.25) is 11.7 Å². The summed E-state index contributed by atoms with van der Waals surface area (Å²) >= 11 is 6.29. The van der Waals surface area contributed by atoms with Gasteiger partial charge in [-0.15, -0.1) is 0 Å². The van der Waals surface area contributed by atoms with Crippen LogP contribution in [0.4, 0.5) is 11.4 Å². The van der Waals surface area contributed by atoms with Gasteiger partial charge in [0.15, 0.2) is 5.84 Å². The number of halogens is 1. The summed E-state index contributed by atoms with van der Waals surface area (Å²) in [6, 6.07) is 22.7. The van der Waals surface area contributed by atoms with E-state index in [1.54, 1.807) is 47.4 Å². The van der Waals surface area contributed by atoms with Crippen LogP contribution >= 0.6 is 11.6 Å². The lowest BCUT2D eigenvalue weighted by Gasteiger charge is -2.38. The molecule has 4 rings (SSSR count). The fourth-order valence-electron chi connectivity index (χ4n) is 3.72. The van der Waals surface area contributed by atoms with Gasteiger partial charge in [0.1, 0.15) is 6.04 Å². The van der Waals surface area contributed by atoms with Crippen LogP contribution in [0.3, 0.4) is 0 Å². The van der Waals surface area contributed by atoms with Gasteiger partial charge in [-0.25, -0.2) is 4.99 Å². The van der Waals surface area contributed by atoms with Crippen LogP contribution in [-0.2, 0) is 4.79 Å². The second-order valence-electron chi connectivity index (χ2n) is 8.68. The summed E-state index contributed by atoms with van der Waals surface area (Å²) < 4.78 is 0. The molecule has 1 unspecified atom stereocenters. The highest BCUT2D eigenvalue weighted by Crippen LogP contribution is 2.39. The number of nitrogens with zero attached hydrogens (tertiary/aromatic N) is 2. The maximum absolute atomic E-state index is 13.6. The average Bonchev–Trinajstić information content (AvgIpc) is 2.76. The van der Waals surface area contributed by atoms with E-state index in [0.717, 1.165) is 5.56 Å². The van der Waals surface area contributed by atoms with Crippen molar-refractivity contribution in [3.8, 4) is 0 Å². The first-order valence-corrected chi connectivity index (χ1v) is 10.8. The van der Waals surface area contributed by atoms with Crippen LogP contribution < -0.4 is 10.2 Å². The molecule has 1 amide bonds. The molecule has 0 radical (unpaired) electrons. The molecule has 0 aromatic heterocycles. The molecule has 162 valence electrons. The van der Waals surface area contributed by atoms with Gasteiger partial charge in [-0.3, -0.25) is 9.59 Å². The van der Waals surface area contributed by atoms with E-state index in [1.807, 2.05) is 57.2 Å². The molecule has 3 aromatic carbocycles. The summed E-state index contributed by atoms with van der Waals surface area (Å²) in [5, 5.41) is 3.57. The molecular formula is C26H24ClN3O2. The highest BCUT2D eigenvalue weighted by Gasteiger charge is 2.40. The van der Waals surface area contributed by atoms with Crippen molar-refractivity contribution in [1.82, 2.24) is 5.32 Å². The van der Waals surface area contributed by atoms with Gasteiger partial charge in [0.25, 0.3) is 0 Å². The molecule has 0 saturated heterocycles. The number of Topliss-reactive ketones (excluding diaryl/α,β-unsaturated/α-hetero) is 1. The van der Waals surface area contributed by atoms with Crippen LogP contribution in [0.1, 0.15) is 42.7 Å². The molecule has 3 aromatic rings. The molecule has 0 aliphatic carbocycles. The van der Waals surface area contributed by atoms with Crippen molar-refractivity contribution in [2.45, 2.75) is 32.4 Å². The average molecular weight is 446 g/mol. The number of para-hydroxylation sites is 1. The standard InChI is InChI=1S/C26H24ClN3O2/c1-26(2,3)29-25(32)22-20-14-7-8-15-21(20)28-24(23(31)17-10-5-4-6-11-17)30(22)19-13-9-12-18(27)16-19/h4-16,22H,1-3H3,(H,29,32). The van der Waals surface area contributed by atoms with Crippen molar-refractivity contribution < 1.29 is 9.59 Å². The number of ketones is 1. The third kappa shape index (κ3) is 4.43. The highest BCUT2D eigenvalue weighted by molar-refractivity contribution is 6.50. The van der Waals surface area contributed by atoms with E-state index in [4.69, 9.17) is 16.6 Å². The van der Waals surface area contributed by atoms with Crippen LogP contribution in [0, 0.1) is 0 Å². The molecule has 6 heteroatoms.